The zero-order valence-electron chi connectivity index (χ0n) is 17.6. The minimum atomic E-state index is -0.303. The summed E-state index contributed by atoms with van der Waals surface area (Å²) in [6.07, 6.45) is 0. The molecule has 3 heterocycles. The standard InChI is InChI=1S/C25H16ClN5O2S/c26-16-12-10-15(11-13-16)23-29-30-25(31(23)17-6-2-1-3-7-17)34-14-20-27-21-18-8-4-5-9-19(18)33-22(21)24(32)28-20/h1-13H,14H2,(H,27,28,32). The highest BCUT2D eigenvalue weighted by Crippen LogP contribution is 2.30. The molecule has 0 saturated carbocycles. The zero-order chi connectivity index (χ0) is 23.1. The van der Waals surface area contributed by atoms with Crippen LogP contribution >= 0.6 is 23.4 Å². The number of hydrogen-bond acceptors (Lipinski definition) is 6. The Balaban J connectivity index is 1.39. The van der Waals surface area contributed by atoms with Crippen LogP contribution in [0.15, 0.2) is 93.2 Å². The van der Waals surface area contributed by atoms with Crippen LogP contribution in [0.5, 0.6) is 0 Å². The van der Waals surface area contributed by atoms with Gasteiger partial charge in [-0.15, -0.1) is 10.2 Å². The predicted octanol–water partition coefficient (Wildman–Crippen LogP) is 5.86. The first kappa shape index (κ1) is 20.7. The van der Waals surface area contributed by atoms with Crippen molar-refractivity contribution in [2.45, 2.75) is 10.9 Å². The Morgan fingerprint density at radius 1 is 0.941 bits per heavy atom. The molecule has 3 aromatic heterocycles. The number of halogens is 1. The Bertz CT molecular complexity index is 1690. The highest BCUT2D eigenvalue weighted by molar-refractivity contribution is 7.98. The lowest BCUT2D eigenvalue weighted by molar-refractivity contribution is 0.660. The predicted molar refractivity (Wildman–Crippen MR) is 134 cm³/mol. The van der Waals surface area contributed by atoms with Crippen molar-refractivity contribution in [1.29, 1.82) is 0 Å². The van der Waals surface area contributed by atoms with Gasteiger partial charge in [0.1, 0.15) is 16.9 Å². The van der Waals surface area contributed by atoms with E-state index in [1.54, 1.807) is 0 Å². The van der Waals surface area contributed by atoms with Gasteiger partial charge in [-0.25, -0.2) is 4.98 Å². The minimum absolute atomic E-state index is 0.229. The van der Waals surface area contributed by atoms with E-state index in [0.29, 0.717) is 38.7 Å². The maximum atomic E-state index is 12.6. The summed E-state index contributed by atoms with van der Waals surface area (Å²) < 4.78 is 7.67. The number of furan rings is 1. The Labute approximate surface area is 202 Å². The normalized spacial score (nSPS) is 11.4. The Hall–Kier alpha value is -3.88. The summed E-state index contributed by atoms with van der Waals surface area (Å²) in [4.78, 5) is 20.1. The summed E-state index contributed by atoms with van der Waals surface area (Å²) in [5.74, 6) is 1.63. The lowest BCUT2D eigenvalue weighted by Gasteiger charge is -2.10. The molecule has 3 aromatic carbocycles. The molecule has 0 aliphatic rings. The lowest BCUT2D eigenvalue weighted by Crippen LogP contribution is -2.10. The summed E-state index contributed by atoms with van der Waals surface area (Å²) in [7, 11) is 0. The monoisotopic (exact) mass is 485 g/mol. The van der Waals surface area contributed by atoms with Crippen molar-refractivity contribution >= 4 is 45.4 Å². The third-order valence-corrected chi connectivity index (χ3v) is 6.56. The van der Waals surface area contributed by atoms with E-state index in [1.807, 2.05) is 83.4 Å². The molecule has 34 heavy (non-hydrogen) atoms. The van der Waals surface area contributed by atoms with Crippen LogP contribution in [0.1, 0.15) is 5.82 Å². The SMILES string of the molecule is O=c1[nH]c(CSc2nnc(-c3ccc(Cl)cc3)n2-c2ccccc2)nc2c1oc1ccccc12. The Morgan fingerprint density at radius 3 is 2.53 bits per heavy atom. The third-order valence-electron chi connectivity index (χ3n) is 5.37. The minimum Gasteiger partial charge on any atom is -0.449 e. The molecule has 0 radical (unpaired) electrons. The van der Waals surface area contributed by atoms with E-state index in [-0.39, 0.29) is 11.1 Å². The van der Waals surface area contributed by atoms with Crippen LogP contribution in [0.25, 0.3) is 39.1 Å². The van der Waals surface area contributed by atoms with Crippen LogP contribution < -0.4 is 5.56 Å². The quantitative estimate of drug-likeness (QED) is 0.307. The number of nitrogens with zero attached hydrogens (tertiary/aromatic N) is 4. The van der Waals surface area contributed by atoms with Gasteiger partial charge in [0, 0.05) is 21.7 Å². The number of hydrogen-bond donors (Lipinski definition) is 1. The van der Waals surface area contributed by atoms with E-state index in [9.17, 15) is 4.79 Å². The molecular formula is C25H16ClN5O2S. The molecule has 0 unspecified atom stereocenters. The molecule has 0 aliphatic heterocycles. The van der Waals surface area contributed by atoms with Crippen molar-refractivity contribution in [2.75, 3.05) is 0 Å². The van der Waals surface area contributed by atoms with Crippen LogP contribution in [0, 0.1) is 0 Å². The Kier molecular flexibility index (Phi) is 5.16. The summed E-state index contributed by atoms with van der Waals surface area (Å²) in [6, 6.07) is 24.8. The van der Waals surface area contributed by atoms with Gasteiger partial charge in [0.2, 0.25) is 5.58 Å². The number of benzene rings is 3. The summed E-state index contributed by atoms with van der Waals surface area (Å²) in [6.45, 7) is 0. The van der Waals surface area contributed by atoms with Crippen molar-refractivity contribution < 1.29 is 4.42 Å². The lowest BCUT2D eigenvalue weighted by atomic mass is 10.2. The molecule has 0 fully saturated rings. The molecule has 0 aliphatic carbocycles. The fourth-order valence-electron chi connectivity index (χ4n) is 3.81. The second-order valence-electron chi connectivity index (χ2n) is 7.56. The average Bonchev–Trinajstić information content (AvgIpc) is 3.46. The largest absolute Gasteiger partial charge is 0.449 e. The number of aromatic amines is 1. The number of thioether (sulfide) groups is 1. The molecule has 7 nitrogen and oxygen atoms in total. The van der Waals surface area contributed by atoms with Crippen LogP contribution in [0.3, 0.4) is 0 Å². The van der Waals surface area contributed by atoms with Crippen LogP contribution in [0.4, 0.5) is 0 Å². The molecule has 0 spiro atoms. The van der Waals surface area contributed by atoms with Crippen molar-refractivity contribution in [1.82, 2.24) is 24.7 Å². The van der Waals surface area contributed by atoms with Crippen molar-refractivity contribution in [3.05, 3.63) is 100 Å². The number of aromatic nitrogens is 5. The van der Waals surface area contributed by atoms with Gasteiger partial charge in [0.15, 0.2) is 11.0 Å². The van der Waals surface area contributed by atoms with E-state index < -0.39 is 0 Å². The molecule has 6 aromatic rings. The van der Waals surface area contributed by atoms with Crippen molar-refractivity contribution in [3.8, 4) is 17.1 Å². The van der Waals surface area contributed by atoms with Gasteiger partial charge >= 0.3 is 0 Å². The molecule has 0 atom stereocenters. The van der Waals surface area contributed by atoms with Gasteiger partial charge in [0.05, 0.1) is 5.75 Å². The number of para-hydroxylation sites is 2. The third kappa shape index (κ3) is 3.67. The molecule has 166 valence electrons. The van der Waals surface area contributed by atoms with Gasteiger partial charge in [-0.05, 0) is 48.5 Å². The second kappa shape index (κ2) is 8.48. The fourth-order valence-corrected chi connectivity index (χ4v) is 4.76. The number of H-pyrrole nitrogens is 1. The summed E-state index contributed by atoms with van der Waals surface area (Å²) in [5.41, 5.74) is 2.94. The van der Waals surface area contributed by atoms with Gasteiger partial charge in [-0.2, -0.15) is 0 Å². The topological polar surface area (TPSA) is 89.6 Å². The smallest absolute Gasteiger partial charge is 0.294 e. The number of rotatable bonds is 5. The maximum Gasteiger partial charge on any atom is 0.294 e. The maximum absolute atomic E-state index is 12.6. The number of fused-ring (bicyclic) bond motifs is 3. The average molecular weight is 486 g/mol. The van der Waals surface area contributed by atoms with Crippen molar-refractivity contribution in [3.63, 3.8) is 0 Å². The van der Waals surface area contributed by atoms with Gasteiger partial charge in [-0.3, -0.25) is 9.36 Å². The van der Waals surface area contributed by atoms with Crippen LogP contribution in [-0.4, -0.2) is 24.7 Å². The first-order chi connectivity index (χ1) is 16.7. The summed E-state index contributed by atoms with van der Waals surface area (Å²) >= 11 is 7.51. The Morgan fingerprint density at radius 2 is 1.71 bits per heavy atom. The zero-order valence-corrected chi connectivity index (χ0v) is 19.2. The first-order valence-electron chi connectivity index (χ1n) is 10.5. The molecule has 9 heteroatoms. The highest BCUT2D eigenvalue weighted by atomic mass is 35.5. The molecule has 0 amide bonds. The highest BCUT2D eigenvalue weighted by Gasteiger charge is 2.18. The molecule has 0 saturated heterocycles. The first-order valence-corrected chi connectivity index (χ1v) is 11.8. The number of nitrogens with one attached hydrogen (secondary N) is 1. The van der Waals surface area contributed by atoms with E-state index in [2.05, 4.69) is 20.2 Å². The van der Waals surface area contributed by atoms with E-state index in [4.69, 9.17) is 16.0 Å². The van der Waals surface area contributed by atoms with E-state index >= 15 is 0 Å². The summed E-state index contributed by atoms with van der Waals surface area (Å²) in [5, 5.41) is 11.0. The molecule has 1 N–H and O–H groups in total. The van der Waals surface area contributed by atoms with E-state index in [0.717, 1.165) is 16.6 Å². The van der Waals surface area contributed by atoms with Crippen molar-refractivity contribution in [2.24, 2.45) is 0 Å². The van der Waals surface area contributed by atoms with Gasteiger partial charge in [0.25, 0.3) is 5.56 Å². The van der Waals surface area contributed by atoms with Crippen LogP contribution in [-0.2, 0) is 5.75 Å². The molecule has 6 rings (SSSR count). The van der Waals surface area contributed by atoms with Gasteiger partial charge in [-0.1, -0.05) is 53.7 Å². The van der Waals surface area contributed by atoms with Gasteiger partial charge < -0.3 is 9.40 Å². The van der Waals surface area contributed by atoms with E-state index in [1.165, 1.54) is 11.8 Å². The molecule has 0 bridgehead atoms. The molecular weight excluding hydrogens is 470 g/mol. The fraction of sp³-hybridized carbons (Fsp3) is 0.0400. The van der Waals surface area contributed by atoms with Crippen LogP contribution in [0.2, 0.25) is 5.02 Å². The second-order valence-corrected chi connectivity index (χ2v) is 8.94.